The van der Waals surface area contributed by atoms with Gasteiger partial charge in [-0.15, -0.1) is 10.2 Å². The van der Waals surface area contributed by atoms with Gasteiger partial charge in [-0.1, -0.05) is 44.2 Å². The Labute approximate surface area is 113 Å². The quantitative estimate of drug-likeness (QED) is 0.892. The summed E-state index contributed by atoms with van der Waals surface area (Å²) in [6.07, 6.45) is 9.15. The van der Waals surface area contributed by atoms with Crippen molar-refractivity contribution in [3.05, 3.63) is 24.3 Å². The Bertz CT molecular complexity index is 532. The van der Waals surface area contributed by atoms with Gasteiger partial charge in [0, 0.05) is 6.04 Å². The summed E-state index contributed by atoms with van der Waals surface area (Å²) in [7, 11) is 0. The normalized spacial score (nSPS) is 17.9. The van der Waals surface area contributed by atoms with Gasteiger partial charge in [-0.3, -0.25) is 0 Å². The predicted octanol–water partition coefficient (Wildman–Crippen LogP) is 3.55. The van der Waals surface area contributed by atoms with Gasteiger partial charge in [-0.2, -0.15) is 0 Å². The van der Waals surface area contributed by atoms with E-state index in [9.17, 15) is 0 Å². The SMILES string of the molecule is c1ccc2nc(NC3CCCCCCC3)nnc2c1. The molecule has 0 amide bonds. The Balaban J connectivity index is 1.72. The van der Waals surface area contributed by atoms with Crippen molar-refractivity contribution in [2.45, 2.75) is 51.0 Å². The molecule has 1 aliphatic rings. The molecular formula is C15H20N4. The van der Waals surface area contributed by atoms with E-state index in [0.29, 0.717) is 12.0 Å². The van der Waals surface area contributed by atoms with E-state index in [1.807, 2.05) is 24.3 Å². The van der Waals surface area contributed by atoms with Crippen molar-refractivity contribution >= 4 is 17.0 Å². The highest BCUT2D eigenvalue weighted by molar-refractivity contribution is 5.74. The van der Waals surface area contributed by atoms with E-state index < -0.39 is 0 Å². The minimum absolute atomic E-state index is 0.503. The molecule has 1 N–H and O–H groups in total. The minimum Gasteiger partial charge on any atom is -0.350 e. The molecule has 1 aromatic heterocycles. The third-order valence-corrected chi connectivity index (χ3v) is 3.80. The van der Waals surface area contributed by atoms with Crippen LogP contribution in [0.25, 0.3) is 11.0 Å². The highest BCUT2D eigenvalue weighted by Gasteiger charge is 2.12. The molecule has 19 heavy (non-hydrogen) atoms. The van der Waals surface area contributed by atoms with E-state index >= 15 is 0 Å². The molecule has 0 unspecified atom stereocenters. The smallest absolute Gasteiger partial charge is 0.243 e. The van der Waals surface area contributed by atoms with Gasteiger partial charge in [-0.25, -0.2) is 4.98 Å². The molecule has 4 nitrogen and oxygen atoms in total. The fraction of sp³-hybridized carbons (Fsp3) is 0.533. The fourth-order valence-corrected chi connectivity index (χ4v) is 2.73. The number of hydrogen-bond acceptors (Lipinski definition) is 4. The maximum absolute atomic E-state index is 4.54. The molecule has 1 heterocycles. The highest BCUT2D eigenvalue weighted by atomic mass is 15.2. The average Bonchev–Trinajstić information content (AvgIpc) is 2.41. The van der Waals surface area contributed by atoms with Crippen LogP contribution in [0.2, 0.25) is 0 Å². The number of aromatic nitrogens is 3. The van der Waals surface area contributed by atoms with Crippen molar-refractivity contribution < 1.29 is 0 Å². The Kier molecular flexibility index (Phi) is 3.86. The van der Waals surface area contributed by atoms with Crippen LogP contribution in [0.5, 0.6) is 0 Å². The summed E-state index contributed by atoms with van der Waals surface area (Å²) in [5, 5.41) is 11.9. The van der Waals surface area contributed by atoms with Crippen molar-refractivity contribution in [1.29, 1.82) is 0 Å². The third kappa shape index (κ3) is 3.19. The van der Waals surface area contributed by atoms with Crippen LogP contribution in [-0.4, -0.2) is 21.2 Å². The summed E-state index contributed by atoms with van der Waals surface area (Å²) in [6, 6.07) is 8.36. The predicted molar refractivity (Wildman–Crippen MR) is 77.1 cm³/mol. The highest BCUT2D eigenvalue weighted by Crippen LogP contribution is 2.19. The average molecular weight is 256 g/mol. The number of benzene rings is 1. The van der Waals surface area contributed by atoms with Gasteiger partial charge in [-0.05, 0) is 25.0 Å². The molecule has 2 aromatic rings. The molecule has 1 aliphatic carbocycles. The van der Waals surface area contributed by atoms with Crippen LogP contribution in [0.1, 0.15) is 44.9 Å². The first-order valence-electron chi connectivity index (χ1n) is 7.28. The minimum atomic E-state index is 0.503. The first-order valence-corrected chi connectivity index (χ1v) is 7.28. The lowest BCUT2D eigenvalue weighted by molar-refractivity contribution is 0.469. The van der Waals surface area contributed by atoms with E-state index in [-0.39, 0.29) is 0 Å². The first-order chi connectivity index (χ1) is 9.42. The van der Waals surface area contributed by atoms with Crippen LogP contribution in [-0.2, 0) is 0 Å². The van der Waals surface area contributed by atoms with Crippen molar-refractivity contribution in [2.75, 3.05) is 5.32 Å². The Morgan fingerprint density at radius 3 is 2.32 bits per heavy atom. The Hall–Kier alpha value is -1.71. The second-order valence-electron chi connectivity index (χ2n) is 5.31. The van der Waals surface area contributed by atoms with Crippen LogP contribution < -0.4 is 5.32 Å². The monoisotopic (exact) mass is 256 g/mol. The zero-order valence-electron chi connectivity index (χ0n) is 11.2. The largest absolute Gasteiger partial charge is 0.350 e. The summed E-state index contributed by atoms with van der Waals surface area (Å²) < 4.78 is 0. The van der Waals surface area contributed by atoms with Gasteiger partial charge in [0.15, 0.2) is 0 Å². The summed E-state index contributed by atoms with van der Waals surface area (Å²) in [4.78, 5) is 4.54. The van der Waals surface area contributed by atoms with Gasteiger partial charge in [0.25, 0.3) is 0 Å². The van der Waals surface area contributed by atoms with Crippen molar-refractivity contribution in [3.8, 4) is 0 Å². The lowest BCUT2D eigenvalue weighted by Gasteiger charge is -2.20. The van der Waals surface area contributed by atoms with Gasteiger partial charge >= 0.3 is 0 Å². The summed E-state index contributed by atoms with van der Waals surface area (Å²) in [5.74, 6) is 0.671. The van der Waals surface area contributed by atoms with Crippen LogP contribution in [0, 0.1) is 0 Å². The molecule has 1 saturated carbocycles. The molecule has 4 heteroatoms. The summed E-state index contributed by atoms with van der Waals surface area (Å²) >= 11 is 0. The summed E-state index contributed by atoms with van der Waals surface area (Å²) in [6.45, 7) is 0. The lowest BCUT2D eigenvalue weighted by Crippen LogP contribution is -2.22. The van der Waals surface area contributed by atoms with Gasteiger partial charge in [0.1, 0.15) is 5.52 Å². The fourth-order valence-electron chi connectivity index (χ4n) is 2.73. The number of fused-ring (bicyclic) bond motifs is 1. The maximum atomic E-state index is 4.54. The second kappa shape index (κ2) is 5.95. The molecule has 0 spiro atoms. The molecule has 0 bridgehead atoms. The molecule has 1 aromatic carbocycles. The lowest BCUT2D eigenvalue weighted by atomic mass is 9.97. The van der Waals surface area contributed by atoms with Gasteiger partial charge in [0.2, 0.25) is 5.95 Å². The Morgan fingerprint density at radius 2 is 1.53 bits per heavy atom. The molecular weight excluding hydrogens is 236 g/mol. The number of hydrogen-bond donors (Lipinski definition) is 1. The number of rotatable bonds is 2. The van der Waals surface area contributed by atoms with Gasteiger partial charge < -0.3 is 5.32 Å². The van der Waals surface area contributed by atoms with Crippen molar-refractivity contribution in [3.63, 3.8) is 0 Å². The van der Waals surface area contributed by atoms with E-state index in [2.05, 4.69) is 20.5 Å². The van der Waals surface area contributed by atoms with E-state index in [1.165, 1.54) is 44.9 Å². The molecule has 0 atom stereocenters. The molecule has 0 aliphatic heterocycles. The van der Waals surface area contributed by atoms with E-state index in [4.69, 9.17) is 0 Å². The van der Waals surface area contributed by atoms with Crippen molar-refractivity contribution in [1.82, 2.24) is 15.2 Å². The van der Waals surface area contributed by atoms with Crippen LogP contribution in [0.4, 0.5) is 5.95 Å². The molecule has 100 valence electrons. The molecule has 0 radical (unpaired) electrons. The third-order valence-electron chi connectivity index (χ3n) is 3.80. The zero-order chi connectivity index (χ0) is 12.9. The zero-order valence-corrected chi connectivity index (χ0v) is 11.2. The Morgan fingerprint density at radius 1 is 0.842 bits per heavy atom. The molecule has 3 rings (SSSR count). The van der Waals surface area contributed by atoms with Crippen LogP contribution in [0.15, 0.2) is 24.3 Å². The number of nitrogens with one attached hydrogen (secondary N) is 1. The second-order valence-corrected chi connectivity index (χ2v) is 5.31. The number of nitrogens with zero attached hydrogens (tertiary/aromatic N) is 3. The maximum Gasteiger partial charge on any atom is 0.243 e. The standard InChI is InChI=1S/C15H20N4/c1-2-4-8-12(9-5-3-1)16-15-17-13-10-6-7-11-14(13)18-19-15/h6-7,10-12H,1-5,8-9H2,(H,16,17,19). The van der Waals surface area contributed by atoms with Crippen LogP contribution >= 0.6 is 0 Å². The van der Waals surface area contributed by atoms with Crippen molar-refractivity contribution in [2.24, 2.45) is 0 Å². The van der Waals surface area contributed by atoms with Crippen LogP contribution in [0.3, 0.4) is 0 Å². The summed E-state index contributed by atoms with van der Waals surface area (Å²) in [5.41, 5.74) is 1.76. The van der Waals surface area contributed by atoms with E-state index in [0.717, 1.165) is 11.0 Å². The molecule has 1 fully saturated rings. The molecule has 0 saturated heterocycles. The number of anilines is 1. The van der Waals surface area contributed by atoms with E-state index in [1.54, 1.807) is 0 Å². The topological polar surface area (TPSA) is 50.7 Å². The first kappa shape index (κ1) is 12.3. The number of para-hydroxylation sites is 1. The van der Waals surface area contributed by atoms with Gasteiger partial charge in [0.05, 0.1) is 5.52 Å².